The monoisotopic (exact) mass is 225 g/mol. The summed E-state index contributed by atoms with van der Waals surface area (Å²) >= 11 is 0. The van der Waals surface area contributed by atoms with Crippen LogP contribution in [-0.2, 0) is 4.79 Å². The lowest BCUT2D eigenvalue weighted by atomic mass is 9.93. The third-order valence-corrected chi connectivity index (χ3v) is 3.52. The van der Waals surface area contributed by atoms with Crippen molar-refractivity contribution in [2.24, 2.45) is 5.73 Å². The van der Waals surface area contributed by atoms with Gasteiger partial charge in [-0.05, 0) is 38.5 Å². The minimum Gasteiger partial charge on any atom is -0.368 e. The Morgan fingerprint density at radius 1 is 1.12 bits per heavy atom. The van der Waals surface area contributed by atoms with Crippen LogP contribution in [-0.4, -0.2) is 35.5 Å². The van der Waals surface area contributed by atoms with E-state index in [-0.39, 0.29) is 11.9 Å². The van der Waals surface area contributed by atoms with Crippen molar-refractivity contribution in [1.82, 2.24) is 10.2 Å². The minimum atomic E-state index is -0.408. The van der Waals surface area contributed by atoms with E-state index in [0.717, 1.165) is 25.7 Å². The van der Waals surface area contributed by atoms with Crippen molar-refractivity contribution in [3.8, 4) is 0 Å². The molecular formula is C11H19N3O2. The highest BCUT2D eigenvalue weighted by molar-refractivity contribution is 5.86. The molecule has 1 aliphatic carbocycles. The molecule has 0 radical (unpaired) electrons. The standard InChI is InChI=1S/C11H19N3O2/c12-10(15)9-6-1-2-7-14(9)11(16)13-8-4-3-5-8/h8-9H,1-7H2,(H2,12,15)(H,13,16). The lowest BCUT2D eigenvalue weighted by molar-refractivity contribution is -0.123. The van der Waals surface area contributed by atoms with E-state index in [0.29, 0.717) is 19.0 Å². The van der Waals surface area contributed by atoms with Crippen LogP contribution in [0.2, 0.25) is 0 Å². The number of amides is 3. The summed E-state index contributed by atoms with van der Waals surface area (Å²) < 4.78 is 0. The van der Waals surface area contributed by atoms with Crippen LogP contribution >= 0.6 is 0 Å². The fourth-order valence-electron chi connectivity index (χ4n) is 2.28. The molecule has 0 aromatic rings. The number of urea groups is 1. The number of rotatable bonds is 2. The number of piperidine rings is 1. The van der Waals surface area contributed by atoms with Gasteiger partial charge in [-0.2, -0.15) is 0 Å². The average Bonchev–Trinajstić information content (AvgIpc) is 2.23. The molecule has 1 saturated carbocycles. The summed E-state index contributed by atoms with van der Waals surface area (Å²) in [4.78, 5) is 24.8. The van der Waals surface area contributed by atoms with Crippen molar-refractivity contribution in [2.75, 3.05) is 6.54 Å². The molecule has 3 amide bonds. The van der Waals surface area contributed by atoms with Crippen LogP contribution in [0.4, 0.5) is 4.79 Å². The maximum atomic E-state index is 11.9. The first-order valence-electron chi connectivity index (χ1n) is 6.05. The van der Waals surface area contributed by atoms with Gasteiger partial charge in [0.25, 0.3) is 0 Å². The molecule has 1 aliphatic heterocycles. The zero-order chi connectivity index (χ0) is 11.5. The molecule has 90 valence electrons. The van der Waals surface area contributed by atoms with E-state index in [2.05, 4.69) is 5.32 Å². The van der Waals surface area contributed by atoms with Crippen molar-refractivity contribution in [1.29, 1.82) is 0 Å². The first-order chi connectivity index (χ1) is 7.68. The van der Waals surface area contributed by atoms with E-state index < -0.39 is 6.04 Å². The van der Waals surface area contributed by atoms with Crippen molar-refractivity contribution in [2.45, 2.75) is 50.6 Å². The van der Waals surface area contributed by atoms with E-state index >= 15 is 0 Å². The first kappa shape index (κ1) is 11.2. The summed E-state index contributed by atoms with van der Waals surface area (Å²) in [6.07, 6.45) is 5.93. The van der Waals surface area contributed by atoms with Crippen LogP contribution in [0.15, 0.2) is 0 Å². The molecule has 1 unspecified atom stereocenters. The smallest absolute Gasteiger partial charge is 0.318 e. The second kappa shape index (κ2) is 4.72. The van der Waals surface area contributed by atoms with Gasteiger partial charge in [-0.3, -0.25) is 4.79 Å². The highest BCUT2D eigenvalue weighted by atomic mass is 16.2. The van der Waals surface area contributed by atoms with Crippen molar-refractivity contribution < 1.29 is 9.59 Å². The van der Waals surface area contributed by atoms with Gasteiger partial charge in [-0.1, -0.05) is 0 Å². The zero-order valence-corrected chi connectivity index (χ0v) is 9.45. The summed E-state index contributed by atoms with van der Waals surface area (Å²) in [6.45, 7) is 0.645. The topological polar surface area (TPSA) is 75.4 Å². The zero-order valence-electron chi connectivity index (χ0n) is 9.45. The number of hydrogen-bond acceptors (Lipinski definition) is 2. The lowest BCUT2D eigenvalue weighted by Crippen LogP contribution is -2.56. The van der Waals surface area contributed by atoms with Crippen molar-refractivity contribution in [3.63, 3.8) is 0 Å². The van der Waals surface area contributed by atoms with Crippen LogP contribution < -0.4 is 11.1 Å². The van der Waals surface area contributed by atoms with Crippen molar-refractivity contribution in [3.05, 3.63) is 0 Å². The summed E-state index contributed by atoms with van der Waals surface area (Å²) in [6, 6.07) is -0.218. The summed E-state index contributed by atoms with van der Waals surface area (Å²) in [5.41, 5.74) is 5.31. The molecular weight excluding hydrogens is 206 g/mol. The molecule has 0 spiro atoms. The number of nitrogens with zero attached hydrogens (tertiary/aromatic N) is 1. The van der Waals surface area contributed by atoms with Gasteiger partial charge in [0.05, 0.1) is 0 Å². The minimum absolute atomic E-state index is 0.117. The number of nitrogens with two attached hydrogens (primary N) is 1. The van der Waals surface area contributed by atoms with E-state index in [1.54, 1.807) is 4.90 Å². The molecule has 2 aliphatic rings. The molecule has 2 fully saturated rings. The predicted molar refractivity (Wildman–Crippen MR) is 59.7 cm³/mol. The Balaban J connectivity index is 1.93. The Morgan fingerprint density at radius 2 is 1.88 bits per heavy atom. The molecule has 2 rings (SSSR count). The van der Waals surface area contributed by atoms with Crippen LogP contribution in [0.1, 0.15) is 38.5 Å². The van der Waals surface area contributed by atoms with Crippen LogP contribution in [0, 0.1) is 0 Å². The summed E-state index contributed by atoms with van der Waals surface area (Å²) in [5.74, 6) is -0.386. The van der Waals surface area contributed by atoms with Gasteiger partial charge in [-0.15, -0.1) is 0 Å². The molecule has 0 bridgehead atoms. The molecule has 3 N–H and O–H groups in total. The molecule has 1 atom stereocenters. The van der Waals surface area contributed by atoms with Gasteiger partial charge < -0.3 is 16.0 Å². The number of likely N-dealkylation sites (tertiary alicyclic amines) is 1. The van der Waals surface area contributed by atoms with E-state index in [9.17, 15) is 9.59 Å². The third-order valence-electron chi connectivity index (χ3n) is 3.52. The Hall–Kier alpha value is -1.26. The number of carbonyl (C=O) groups excluding carboxylic acids is 2. The Labute approximate surface area is 95.3 Å². The SMILES string of the molecule is NC(=O)C1CCCCN1C(=O)NC1CCC1. The molecule has 1 saturated heterocycles. The third kappa shape index (κ3) is 2.28. The maximum Gasteiger partial charge on any atom is 0.318 e. The number of carbonyl (C=O) groups is 2. The molecule has 0 aromatic carbocycles. The number of hydrogen-bond donors (Lipinski definition) is 2. The van der Waals surface area contributed by atoms with Gasteiger partial charge in [0.1, 0.15) is 6.04 Å². The lowest BCUT2D eigenvalue weighted by Gasteiger charge is -2.36. The summed E-state index contributed by atoms with van der Waals surface area (Å²) in [5, 5.41) is 2.95. The van der Waals surface area contributed by atoms with Gasteiger partial charge in [0.2, 0.25) is 5.91 Å². The molecule has 16 heavy (non-hydrogen) atoms. The molecule has 5 nitrogen and oxygen atoms in total. The van der Waals surface area contributed by atoms with Crippen LogP contribution in [0.25, 0.3) is 0 Å². The quantitative estimate of drug-likeness (QED) is 0.721. The van der Waals surface area contributed by atoms with Gasteiger partial charge >= 0.3 is 6.03 Å². The normalized spacial score (nSPS) is 26.0. The second-order valence-electron chi connectivity index (χ2n) is 4.68. The fraction of sp³-hybridized carbons (Fsp3) is 0.818. The Bertz CT molecular complexity index is 289. The fourth-order valence-corrected chi connectivity index (χ4v) is 2.28. The molecule has 0 aromatic heterocycles. The highest BCUT2D eigenvalue weighted by Gasteiger charge is 2.32. The molecule has 5 heteroatoms. The van der Waals surface area contributed by atoms with Crippen LogP contribution in [0.3, 0.4) is 0 Å². The highest BCUT2D eigenvalue weighted by Crippen LogP contribution is 2.21. The van der Waals surface area contributed by atoms with E-state index in [1.807, 2.05) is 0 Å². The number of nitrogens with one attached hydrogen (secondary N) is 1. The predicted octanol–water partition coefficient (Wildman–Crippen LogP) is 0.588. The summed E-state index contributed by atoms with van der Waals surface area (Å²) in [7, 11) is 0. The average molecular weight is 225 g/mol. The maximum absolute atomic E-state index is 11.9. The van der Waals surface area contributed by atoms with E-state index in [1.165, 1.54) is 6.42 Å². The second-order valence-corrected chi connectivity index (χ2v) is 4.68. The Morgan fingerprint density at radius 3 is 2.44 bits per heavy atom. The van der Waals surface area contributed by atoms with Crippen molar-refractivity contribution >= 4 is 11.9 Å². The van der Waals surface area contributed by atoms with E-state index in [4.69, 9.17) is 5.73 Å². The largest absolute Gasteiger partial charge is 0.368 e. The Kier molecular flexibility index (Phi) is 3.31. The number of primary amides is 1. The van der Waals surface area contributed by atoms with Gasteiger partial charge in [0.15, 0.2) is 0 Å². The molecule has 1 heterocycles. The van der Waals surface area contributed by atoms with Gasteiger partial charge in [0, 0.05) is 12.6 Å². The first-order valence-corrected chi connectivity index (χ1v) is 6.05. The van der Waals surface area contributed by atoms with Crippen LogP contribution in [0.5, 0.6) is 0 Å². The van der Waals surface area contributed by atoms with Gasteiger partial charge in [-0.25, -0.2) is 4.79 Å².